The van der Waals surface area contributed by atoms with E-state index in [4.69, 9.17) is 21.4 Å². The largest absolute Gasteiger partial charge is 0.542 e. The average molecular weight is 377 g/mol. The van der Waals surface area contributed by atoms with Crippen molar-refractivity contribution in [1.29, 1.82) is 0 Å². The number of nitrogens with one attached hydrogen (secondary N) is 1. The van der Waals surface area contributed by atoms with E-state index in [1.807, 2.05) is 13.8 Å². The second-order valence-corrected chi connectivity index (χ2v) is 6.52. The van der Waals surface area contributed by atoms with Crippen LogP contribution in [0.5, 0.6) is 0 Å². The van der Waals surface area contributed by atoms with Gasteiger partial charge in [0.2, 0.25) is 0 Å². The zero-order valence-electron chi connectivity index (χ0n) is 14.3. The predicted molar refractivity (Wildman–Crippen MR) is 81.6 cm³/mol. The van der Waals surface area contributed by atoms with E-state index in [2.05, 4.69) is 4.99 Å². The van der Waals surface area contributed by atoms with Crippen LogP contribution in [0.2, 0.25) is 0 Å². The van der Waals surface area contributed by atoms with Gasteiger partial charge in [0.05, 0.1) is 5.92 Å². The summed E-state index contributed by atoms with van der Waals surface area (Å²) < 4.78 is 44.8. The molecule has 2 atom stereocenters. The number of hydrogen-bond acceptors (Lipinski definition) is 3. The van der Waals surface area contributed by atoms with Crippen LogP contribution >= 0.6 is 0 Å². The number of carboxylic acids is 1. The Kier molecular flexibility index (Phi) is 6.01. The van der Waals surface area contributed by atoms with Crippen LogP contribution in [0.3, 0.4) is 0 Å². The van der Waals surface area contributed by atoms with Gasteiger partial charge < -0.3 is 9.90 Å². The number of benzene rings is 1. The molecule has 0 unspecified atom stereocenters. The van der Waals surface area contributed by atoms with E-state index in [9.17, 15) is 22.4 Å². The molecule has 6 nitrogen and oxygen atoms in total. The summed E-state index contributed by atoms with van der Waals surface area (Å²) in [5.41, 5.74) is 12.0. The smallest absolute Gasteiger partial charge is 0.430 e. The minimum absolute atomic E-state index is 0.0612. The number of carbonyl (C=O) groups is 2. The minimum atomic E-state index is -5.19. The normalized spacial score (nSPS) is 20.4. The first-order chi connectivity index (χ1) is 11.7. The number of carbonyl (C=O) groups excluding carboxylic acids is 2. The molecule has 2 rings (SSSR count). The number of carboxylic acid groups (broad SMARTS) is 1. The number of alkyl halides is 3. The third-order valence-electron chi connectivity index (χ3n) is 4.15. The number of aliphatic carboxylic acids is 1. The van der Waals surface area contributed by atoms with Crippen LogP contribution in [0, 0.1) is 24.1 Å². The summed E-state index contributed by atoms with van der Waals surface area (Å²) in [5, 5.41) is 8.78. The van der Waals surface area contributed by atoms with E-state index >= 15 is 0 Å². The average Bonchev–Trinajstić information content (AvgIpc) is 3.03. The molecule has 0 saturated heterocycles. The first-order valence-electron chi connectivity index (χ1n) is 7.42. The highest BCUT2D eigenvalue weighted by molar-refractivity contribution is 5.82. The van der Waals surface area contributed by atoms with Crippen molar-refractivity contribution >= 4 is 17.8 Å². The number of rotatable bonds is 2. The predicted octanol–water partition coefficient (Wildman–Crippen LogP) is -0.947. The van der Waals surface area contributed by atoms with E-state index in [0.29, 0.717) is 5.56 Å². The quantitative estimate of drug-likeness (QED) is 0.348. The van der Waals surface area contributed by atoms with Crippen LogP contribution in [0.15, 0.2) is 18.2 Å². The number of halogens is 4. The third kappa shape index (κ3) is 4.93. The molecule has 10 heteroatoms. The van der Waals surface area contributed by atoms with Crippen molar-refractivity contribution in [2.24, 2.45) is 22.8 Å². The Labute approximate surface area is 146 Å². The van der Waals surface area contributed by atoms with Gasteiger partial charge in [0, 0.05) is 5.92 Å². The summed E-state index contributed by atoms with van der Waals surface area (Å²) >= 11 is 0. The molecule has 26 heavy (non-hydrogen) atoms. The Morgan fingerprint density at radius 1 is 1.23 bits per heavy atom. The molecule has 0 aliphatic heterocycles. The van der Waals surface area contributed by atoms with Gasteiger partial charge in [0.25, 0.3) is 5.91 Å². The van der Waals surface area contributed by atoms with Crippen molar-refractivity contribution < 1.29 is 37.2 Å². The number of amides is 1. The molecule has 1 aliphatic carbocycles. The highest BCUT2D eigenvalue weighted by Gasteiger charge is 2.63. The molecular weight excluding hydrogens is 358 g/mol. The molecule has 144 valence electrons. The number of guanidine groups is 1. The summed E-state index contributed by atoms with van der Waals surface area (Å²) in [7, 11) is 0. The molecule has 1 saturated carbocycles. The van der Waals surface area contributed by atoms with Crippen molar-refractivity contribution in [2.45, 2.75) is 32.9 Å². The highest BCUT2D eigenvalue weighted by Crippen LogP contribution is 2.64. The Morgan fingerprint density at radius 2 is 1.73 bits per heavy atom. The van der Waals surface area contributed by atoms with Gasteiger partial charge in [-0.1, -0.05) is 26.0 Å². The molecule has 1 aliphatic rings. The zero-order valence-corrected chi connectivity index (χ0v) is 14.3. The fraction of sp³-hybridized carbons (Fsp3) is 0.438. The van der Waals surface area contributed by atoms with Crippen molar-refractivity contribution in [3.63, 3.8) is 0 Å². The molecule has 0 spiro atoms. The number of hydrogen-bond donors (Lipinski definition) is 3. The molecule has 0 heterocycles. The van der Waals surface area contributed by atoms with Gasteiger partial charge in [-0.2, -0.15) is 13.2 Å². The van der Waals surface area contributed by atoms with Crippen LogP contribution in [0.25, 0.3) is 0 Å². The van der Waals surface area contributed by atoms with Crippen LogP contribution in [0.1, 0.15) is 30.9 Å². The van der Waals surface area contributed by atoms with Crippen molar-refractivity contribution in [2.75, 3.05) is 0 Å². The van der Waals surface area contributed by atoms with Crippen LogP contribution < -0.4 is 21.6 Å². The molecule has 0 aromatic heterocycles. The lowest BCUT2D eigenvalue weighted by Crippen LogP contribution is -2.82. The van der Waals surface area contributed by atoms with Crippen molar-refractivity contribution in [3.8, 4) is 0 Å². The van der Waals surface area contributed by atoms with E-state index in [1.54, 1.807) is 19.1 Å². The van der Waals surface area contributed by atoms with Gasteiger partial charge in [-0.05, 0) is 29.5 Å². The minimum Gasteiger partial charge on any atom is -0.542 e. The standard InChI is InChI=1S/C14H18FN3O.C2HF3O2/c1-7-6-8(4-5-9(7)15)10-11(14(10,2)3)12(19)18-13(16)17;3-2(4,5)1(6)7/h4-6,10-11H,1-3H3,(H4,16,17,18,19);(H,6,7)/t10-,11+;/m1./s1. The van der Waals surface area contributed by atoms with Crippen LogP contribution in [-0.4, -0.2) is 24.0 Å². The molecule has 1 aromatic carbocycles. The fourth-order valence-corrected chi connectivity index (χ4v) is 2.83. The maximum Gasteiger partial charge on any atom is 0.430 e. The zero-order chi connectivity index (χ0) is 20.4. The van der Waals surface area contributed by atoms with E-state index in [0.717, 1.165) is 5.56 Å². The monoisotopic (exact) mass is 377 g/mol. The van der Waals surface area contributed by atoms with Crippen LogP contribution in [0.4, 0.5) is 17.6 Å². The SMILES string of the molecule is Cc1cc([C@@H]2[C@@H](C(=O)[NH+]=C(N)N)C2(C)C)ccc1F.O=C([O-])C(F)(F)F. The maximum atomic E-state index is 13.3. The number of nitrogens with two attached hydrogens (primary N) is 2. The second-order valence-electron chi connectivity index (χ2n) is 6.52. The number of aryl methyl sites for hydroxylation is 1. The molecule has 5 N–H and O–H groups in total. The summed E-state index contributed by atoms with van der Waals surface area (Å²) in [6.45, 7) is 5.73. The summed E-state index contributed by atoms with van der Waals surface area (Å²) in [6.07, 6.45) is -5.19. The fourth-order valence-electron chi connectivity index (χ4n) is 2.83. The van der Waals surface area contributed by atoms with E-state index in [-0.39, 0.29) is 34.9 Å². The van der Waals surface area contributed by atoms with Crippen molar-refractivity contribution in [3.05, 3.63) is 35.1 Å². The van der Waals surface area contributed by atoms with Gasteiger partial charge in [-0.25, -0.2) is 9.38 Å². The maximum absolute atomic E-state index is 13.3. The topological polar surface area (TPSA) is 123 Å². The van der Waals surface area contributed by atoms with Gasteiger partial charge in [-0.3, -0.25) is 16.3 Å². The molecule has 1 amide bonds. The molecule has 0 bridgehead atoms. The van der Waals surface area contributed by atoms with Gasteiger partial charge >= 0.3 is 12.1 Å². The molecule has 1 fully saturated rings. The Bertz CT molecular complexity index is 741. The third-order valence-corrected chi connectivity index (χ3v) is 4.15. The van der Waals surface area contributed by atoms with Crippen molar-refractivity contribution in [1.82, 2.24) is 0 Å². The van der Waals surface area contributed by atoms with E-state index < -0.39 is 12.1 Å². The lowest BCUT2D eigenvalue weighted by atomic mass is 10.0. The van der Waals surface area contributed by atoms with Gasteiger partial charge in [0.1, 0.15) is 11.8 Å². The highest BCUT2D eigenvalue weighted by atomic mass is 19.4. The van der Waals surface area contributed by atoms with E-state index in [1.165, 1.54) is 6.07 Å². The second kappa shape index (κ2) is 7.30. The summed E-state index contributed by atoms with van der Waals surface area (Å²) in [5.74, 6) is -3.65. The Hall–Kier alpha value is -2.65. The lowest BCUT2D eigenvalue weighted by molar-refractivity contribution is -0.382. The lowest BCUT2D eigenvalue weighted by Gasteiger charge is -2.04. The van der Waals surface area contributed by atoms with Crippen LogP contribution in [-0.2, 0) is 9.59 Å². The Balaban J connectivity index is 0.000000412. The molecular formula is C16H19F4N3O3. The first kappa shape index (κ1) is 21.4. The summed E-state index contributed by atoms with van der Waals surface area (Å²) in [4.78, 5) is 23.2. The summed E-state index contributed by atoms with van der Waals surface area (Å²) in [6, 6.07) is 4.97. The van der Waals surface area contributed by atoms with Gasteiger partial charge in [0.15, 0.2) is 0 Å². The Morgan fingerprint density at radius 3 is 2.12 bits per heavy atom. The van der Waals surface area contributed by atoms with Gasteiger partial charge in [-0.15, -0.1) is 0 Å². The molecule has 1 aromatic rings. The first-order valence-corrected chi connectivity index (χ1v) is 7.42. The molecule has 0 radical (unpaired) electrons.